The van der Waals surface area contributed by atoms with E-state index in [2.05, 4.69) is 10.1 Å². The fourth-order valence-electron chi connectivity index (χ4n) is 1.86. The van der Waals surface area contributed by atoms with Crippen LogP contribution in [-0.4, -0.2) is 30.1 Å². The van der Waals surface area contributed by atoms with Crippen molar-refractivity contribution in [1.82, 2.24) is 5.32 Å². The van der Waals surface area contributed by atoms with Crippen LogP contribution in [0.2, 0.25) is 0 Å². The first kappa shape index (κ1) is 19.0. The molecule has 0 unspecified atom stereocenters. The Hall–Kier alpha value is -2.09. The maximum absolute atomic E-state index is 12.5. The summed E-state index contributed by atoms with van der Waals surface area (Å²) < 4.78 is 42.0. The first-order chi connectivity index (χ1) is 10.6. The summed E-state index contributed by atoms with van der Waals surface area (Å²) >= 11 is 0. The largest absolute Gasteiger partial charge is 0.467 e. The molecule has 0 radical (unpaired) electrons. The highest BCUT2D eigenvalue weighted by atomic mass is 19.4. The van der Waals surface area contributed by atoms with Crippen molar-refractivity contribution >= 4 is 11.9 Å². The Bertz CT molecular complexity index is 555. The lowest BCUT2D eigenvalue weighted by Gasteiger charge is -2.21. The molecule has 0 aliphatic heterocycles. The van der Waals surface area contributed by atoms with Crippen molar-refractivity contribution in [3.63, 3.8) is 0 Å². The molecule has 0 aliphatic carbocycles. The number of methoxy groups -OCH3 is 1. The molecule has 1 amide bonds. The van der Waals surface area contributed by atoms with Crippen molar-refractivity contribution in [3.05, 3.63) is 35.4 Å². The number of hydrogen-bond acceptors (Lipinski definition) is 4. The number of carbonyl (C=O) groups excluding carboxylic acids is 2. The molecule has 0 aliphatic rings. The molecule has 8 heteroatoms. The lowest BCUT2D eigenvalue weighted by Crippen LogP contribution is -2.46. The number of nitrogens with one attached hydrogen (secondary N) is 1. The van der Waals surface area contributed by atoms with E-state index in [-0.39, 0.29) is 11.5 Å². The molecule has 0 fully saturated rings. The third-order valence-electron chi connectivity index (χ3n) is 3.22. The van der Waals surface area contributed by atoms with E-state index < -0.39 is 35.8 Å². The normalized spacial score (nSPS) is 14.3. The van der Waals surface area contributed by atoms with Crippen molar-refractivity contribution in [2.45, 2.75) is 32.2 Å². The maximum Gasteiger partial charge on any atom is 0.416 e. The molecule has 1 aromatic rings. The summed E-state index contributed by atoms with van der Waals surface area (Å²) in [6.45, 7) is 3.35. The van der Waals surface area contributed by atoms with E-state index in [1.165, 1.54) is 0 Å². The minimum Gasteiger partial charge on any atom is -0.467 e. The number of amides is 1. The van der Waals surface area contributed by atoms with E-state index in [0.29, 0.717) is 0 Å². The number of esters is 1. The van der Waals surface area contributed by atoms with Gasteiger partial charge in [-0.05, 0) is 23.6 Å². The minimum atomic E-state index is -4.50. The molecule has 5 nitrogen and oxygen atoms in total. The number of hydrogen-bond donors (Lipinski definition) is 2. The number of ether oxygens (including phenoxy) is 1. The molecule has 0 heterocycles. The average molecular weight is 333 g/mol. The van der Waals surface area contributed by atoms with Gasteiger partial charge in [-0.3, -0.25) is 4.79 Å². The number of rotatable bonds is 5. The molecular formula is C15H18F3NO4. The molecule has 1 aromatic carbocycles. The lowest BCUT2D eigenvalue weighted by molar-refractivity contribution is -0.147. The number of benzene rings is 1. The predicted octanol–water partition coefficient (Wildman–Crippen LogP) is 2.05. The Morgan fingerprint density at radius 2 is 1.70 bits per heavy atom. The molecule has 0 aromatic heterocycles. The van der Waals surface area contributed by atoms with Crippen LogP contribution in [-0.2, 0) is 20.5 Å². The van der Waals surface area contributed by atoms with E-state index in [9.17, 15) is 27.9 Å². The van der Waals surface area contributed by atoms with Crippen LogP contribution >= 0.6 is 0 Å². The molecule has 0 saturated heterocycles. The molecule has 0 bridgehead atoms. The summed E-state index contributed by atoms with van der Waals surface area (Å²) in [6, 6.07) is 2.60. The Morgan fingerprint density at radius 1 is 1.17 bits per heavy atom. The van der Waals surface area contributed by atoms with Crippen LogP contribution < -0.4 is 5.32 Å². The Balaban J connectivity index is 2.85. The van der Waals surface area contributed by atoms with Gasteiger partial charge in [0.25, 0.3) is 5.91 Å². The Labute approximate surface area is 131 Å². The molecule has 0 spiro atoms. The average Bonchev–Trinajstić information content (AvgIpc) is 2.49. The number of carbonyl (C=O) groups is 2. The van der Waals surface area contributed by atoms with E-state index in [4.69, 9.17) is 0 Å². The number of halogens is 3. The summed E-state index contributed by atoms with van der Waals surface area (Å²) in [5.41, 5.74) is -0.897. The minimum absolute atomic E-state index is 0.0112. The van der Waals surface area contributed by atoms with Gasteiger partial charge >= 0.3 is 12.1 Å². The third-order valence-corrected chi connectivity index (χ3v) is 3.22. The smallest absolute Gasteiger partial charge is 0.416 e. The monoisotopic (exact) mass is 333 g/mol. The van der Waals surface area contributed by atoms with Crippen molar-refractivity contribution < 1.29 is 32.6 Å². The molecule has 128 valence electrons. The fraction of sp³-hybridized carbons (Fsp3) is 0.467. The van der Waals surface area contributed by atoms with Crippen LogP contribution in [0.1, 0.15) is 31.1 Å². The zero-order valence-corrected chi connectivity index (χ0v) is 12.8. The Kier molecular flexibility index (Phi) is 6.14. The maximum atomic E-state index is 12.5. The van der Waals surface area contributed by atoms with Gasteiger partial charge < -0.3 is 15.2 Å². The van der Waals surface area contributed by atoms with Gasteiger partial charge in [-0.2, -0.15) is 13.2 Å². The zero-order valence-electron chi connectivity index (χ0n) is 12.8. The van der Waals surface area contributed by atoms with Crippen LogP contribution in [0.5, 0.6) is 0 Å². The number of aliphatic hydroxyl groups is 1. The second kappa shape index (κ2) is 7.45. The predicted molar refractivity (Wildman–Crippen MR) is 75.2 cm³/mol. The summed E-state index contributed by atoms with van der Waals surface area (Å²) in [6.07, 6.45) is -6.19. The fourth-order valence-corrected chi connectivity index (χ4v) is 1.86. The highest BCUT2D eigenvalue weighted by Crippen LogP contribution is 2.30. The van der Waals surface area contributed by atoms with Crippen LogP contribution in [0.4, 0.5) is 13.2 Å². The molecule has 2 atom stereocenters. The van der Waals surface area contributed by atoms with Crippen molar-refractivity contribution in [2.75, 3.05) is 7.11 Å². The molecular weight excluding hydrogens is 315 g/mol. The first-order valence-corrected chi connectivity index (χ1v) is 6.81. The van der Waals surface area contributed by atoms with Gasteiger partial charge in [-0.15, -0.1) is 0 Å². The Morgan fingerprint density at radius 3 is 2.09 bits per heavy atom. The van der Waals surface area contributed by atoms with Gasteiger partial charge in [0.15, 0.2) is 6.10 Å². The second-order valence-electron chi connectivity index (χ2n) is 5.28. The van der Waals surface area contributed by atoms with Gasteiger partial charge in [0.05, 0.1) is 12.7 Å². The molecule has 0 saturated carbocycles. The zero-order chi connectivity index (χ0) is 17.8. The van der Waals surface area contributed by atoms with Gasteiger partial charge in [-0.1, -0.05) is 26.0 Å². The van der Waals surface area contributed by atoms with E-state index in [1.807, 2.05) is 0 Å². The molecule has 1 rings (SSSR count). The third kappa shape index (κ3) is 4.95. The van der Waals surface area contributed by atoms with Crippen LogP contribution in [0.15, 0.2) is 24.3 Å². The van der Waals surface area contributed by atoms with Gasteiger partial charge in [0.1, 0.15) is 6.04 Å². The number of aliphatic hydroxyl groups excluding tert-OH is 1. The summed E-state index contributed by atoms with van der Waals surface area (Å²) in [5, 5.41) is 12.2. The van der Waals surface area contributed by atoms with Crippen molar-refractivity contribution in [2.24, 2.45) is 5.92 Å². The van der Waals surface area contributed by atoms with Gasteiger partial charge in [0, 0.05) is 0 Å². The second-order valence-corrected chi connectivity index (χ2v) is 5.28. The van der Waals surface area contributed by atoms with E-state index in [1.54, 1.807) is 13.8 Å². The quantitative estimate of drug-likeness (QED) is 0.809. The standard InChI is InChI=1S/C15H18F3NO4/c1-8(2)11(14(22)23-3)19-13(21)12(20)9-4-6-10(7-5-9)15(16,17)18/h4-8,11-12,20H,1-3H3,(H,19,21)/t11-,12-/m0/s1. The lowest BCUT2D eigenvalue weighted by atomic mass is 10.0. The van der Waals surface area contributed by atoms with Gasteiger partial charge in [-0.25, -0.2) is 4.79 Å². The molecule has 23 heavy (non-hydrogen) atoms. The molecule has 2 N–H and O–H groups in total. The first-order valence-electron chi connectivity index (χ1n) is 6.81. The SMILES string of the molecule is COC(=O)[C@@H](NC(=O)[C@@H](O)c1ccc(C(F)(F)F)cc1)C(C)C. The summed E-state index contributed by atoms with van der Waals surface area (Å²) in [5.74, 6) is -1.85. The summed E-state index contributed by atoms with van der Waals surface area (Å²) in [7, 11) is 1.16. The highest BCUT2D eigenvalue weighted by Gasteiger charge is 2.31. The van der Waals surface area contributed by atoms with E-state index >= 15 is 0 Å². The van der Waals surface area contributed by atoms with Gasteiger partial charge in [0.2, 0.25) is 0 Å². The van der Waals surface area contributed by atoms with Crippen molar-refractivity contribution in [1.29, 1.82) is 0 Å². The van der Waals surface area contributed by atoms with Crippen LogP contribution in [0.3, 0.4) is 0 Å². The highest BCUT2D eigenvalue weighted by molar-refractivity contribution is 5.87. The van der Waals surface area contributed by atoms with E-state index in [0.717, 1.165) is 31.4 Å². The van der Waals surface area contributed by atoms with Crippen LogP contribution in [0, 0.1) is 5.92 Å². The van der Waals surface area contributed by atoms with Crippen molar-refractivity contribution in [3.8, 4) is 0 Å². The summed E-state index contributed by atoms with van der Waals surface area (Å²) in [4.78, 5) is 23.5. The topological polar surface area (TPSA) is 75.6 Å². The van der Waals surface area contributed by atoms with Crippen LogP contribution in [0.25, 0.3) is 0 Å². The number of alkyl halides is 3.